The monoisotopic (exact) mass is 216 g/mol. The van der Waals surface area contributed by atoms with Crippen LogP contribution in [0.15, 0.2) is 0 Å². The van der Waals surface area contributed by atoms with Crippen LogP contribution >= 0.6 is 0 Å². The van der Waals surface area contributed by atoms with Gasteiger partial charge in [0.15, 0.2) is 0 Å². The number of nitrogens with one attached hydrogen (secondary N) is 2. The van der Waals surface area contributed by atoms with E-state index in [4.69, 9.17) is 0 Å². The van der Waals surface area contributed by atoms with E-state index in [0.717, 1.165) is 6.42 Å². The second-order valence-electron chi connectivity index (χ2n) is 4.01. The van der Waals surface area contributed by atoms with Gasteiger partial charge in [-0.25, -0.2) is 0 Å². The van der Waals surface area contributed by atoms with Gasteiger partial charge in [-0.1, -0.05) is 13.8 Å². The lowest BCUT2D eigenvalue weighted by molar-refractivity contribution is -0.123. The zero-order chi connectivity index (χ0) is 11.8. The predicted molar refractivity (Wildman–Crippen MR) is 61.7 cm³/mol. The van der Waals surface area contributed by atoms with Crippen LogP contribution in [0.5, 0.6) is 0 Å². The number of hydrogen-bond donors (Lipinski definition) is 3. The third kappa shape index (κ3) is 6.47. The molecule has 0 heterocycles. The second kappa shape index (κ2) is 7.65. The summed E-state index contributed by atoms with van der Waals surface area (Å²) >= 11 is 0. The molecule has 0 aromatic rings. The van der Waals surface area contributed by atoms with Crippen LogP contribution in [0.4, 0.5) is 0 Å². The molecule has 3 unspecified atom stereocenters. The molecule has 0 aromatic heterocycles. The van der Waals surface area contributed by atoms with Crippen molar-refractivity contribution in [3.8, 4) is 0 Å². The molecule has 0 saturated heterocycles. The number of aliphatic hydroxyl groups excluding tert-OH is 1. The molecule has 0 radical (unpaired) electrons. The summed E-state index contributed by atoms with van der Waals surface area (Å²) in [5.74, 6) is -0.00680. The van der Waals surface area contributed by atoms with E-state index in [-0.39, 0.29) is 24.1 Å². The van der Waals surface area contributed by atoms with Crippen molar-refractivity contribution in [3.05, 3.63) is 0 Å². The Balaban J connectivity index is 3.78. The van der Waals surface area contributed by atoms with Gasteiger partial charge < -0.3 is 15.7 Å². The summed E-state index contributed by atoms with van der Waals surface area (Å²) in [4.78, 5) is 11.6. The Bertz CT molecular complexity index is 185. The largest absolute Gasteiger partial charge is 0.392 e. The van der Waals surface area contributed by atoms with E-state index < -0.39 is 0 Å². The van der Waals surface area contributed by atoms with Gasteiger partial charge in [0.2, 0.25) is 5.91 Å². The Kier molecular flexibility index (Phi) is 7.34. The third-order valence-corrected chi connectivity index (χ3v) is 2.53. The summed E-state index contributed by atoms with van der Waals surface area (Å²) in [6.07, 6.45) is 1.26. The van der Waals surface area contributed by atoms with Crippen molar-refractivity contribution in [3.63, 3.8) is 0 Å². The average molecular weight is 216 g/mol. The minimum absolute atomic E-state index is 0.00680. The number of carbonyl (C=O) groups excluding carboxylic acids is 1. The van der Waals surface area contributed by atoms with Gasteiger partial charge >= 0.3 is 0 Å². The van der Waals surface area contributed by atoms with Crippen LogP contribution in [0, 0.1) is 0 Å². The van der Waals surface area contributed by atoms with Crippen molar-refractivity contribution in [2.75, 3.05) is 6.54 Å². The smallest absolute Gasteiger partial charge is 0.237 e. The molecule has 3 N–H and O–H groups in total. The molecule has 0 bridgehead atoms. The number of aliphatic hydroxyl groups is 1. The van der Waals surface area contributed by atoms with Crippen LogP contribution in [-0.2, 0) is 4.79 Å². The van der Waals surface area contributed by atoms with Crippen molar-refractivity contribution >= 4 is 5.91 Å². The lowest BCUT2D eigenvalue weighted by Crippen LogP contribution is -2.47. The number of carbonyl (C=O) groups is 1. The summed E-state index contributed by atoms with van der Waals surface area (Å²) < 4.78 is 0. The molecule has 4 nitrogen and oxygen atoms in total. The standard InChI is InChI=1S/C11H24N2O2/c1-5-8(3)13-11(15)9(4)12-7-10(14)6-2/h8-10,12,14H,5-7H2,1-4H3,(H,13,15). The maximum absolute atomic E-state index is 11.6. The van der Waals surface area contributed by atoms with Gasteiger partial charge in [0.05, 0.1) is 12.1 Å². The molecule has 0 aliphatic heterocycles. The van der Waals surface area contributed by atoms with Gasteiger partial charge in [-0.3, -0.25) is 4.79 Å². The zero-order valence-electron chi connectivity index (χ0n) is 10.2. The predicted octanol–water partition coefficient (Wildman–Crippen LogP) is 0.650. The summed E-state index contributed by atoms with van der Waals surface area (Å²) in [6.45, 7) is 8.19. The van der Waals surface area contributed by atoms with Gasteiger partial charge in [0.25, 0.3) is 0 Å². The maximum atomic E-state index is 11.6. The van der Waals surface area contributed by atoms with Crippen molar-refractivity contribution in [2.24, 2.45) is 0 Å². The van der Waals surface area contributed by atoms with Crippen LogP contribution in [0.2, 0.25) is 0 Å². The molecule has 0 fully saturated rings. The van der Waals surface area contributed by atoms with E-state index in [2.05, 4.69) is 10.6 Å². The molecular formula is C11H24N2O2. The Hall–Kier alpha value is -0.610. The minimum Gasteiger partial charge on any atom is -0.392 e. The Morgan fingerprint density at radius 3 is 2.33 bits per heavy atom. The van der Waals surface area contributed by atoms with E-state index in [1.165, 1.54) is 0 Å². The summed E-state index contributed by atoms with van der Waals surface area (Å²) in [6, 6.07) is -0.0435. The van der Waals surface area contributed by atoms with E-state index in [9.17, 15) is 9.90 Å². The first-order chi connectivity index (χ1) is 7.01. The van der Waals surface area contributed by atoms with Crippen LogP contribution in [0.25, 0.3) is 0 Å². The Labute approximate surface area is 92.4 Å². The summed E-state index contributed by atoms with van der Waals surface area (Å²) in [5, 5.41) is 15.2. The van der Waals surface area contributed by atoms with Crippen LogP contribution < -0.4 is 10.6 Å². The molecule has 0 aliphatic rings. The molecule has 1 amide bonds. The van der Waals surface area contributed by atoms with E-state index in [1.54, 1.807) is 6.92 Å². The number of amides is 1. The normalized spacial score (nSPS) is 16.9. The number of hydrogen-bond acceptors (Lipinski definition) is 3. The lowest BCUT2D eigenvalue weighted by Gasteiger charge is -2.18. The van der Waals surface area contributed by atoms with E-state index in [1.807, 2.05) is 20.8 Å². The van der Waals surface area contributed by atoms with Crippen molar-refractivity contribution in [1.29, 1.82) is 0 Å². The summed E-state index contributed by atoms with van der Waals surface area (Å²) in [5.41, 5.74) is 0. The fraction of sp³-hybridized carbons (Fsp3) is 0.909. The molecule has 0 aromatic carbocycles. The van der Waals surface area contributed by atoms with Crippen LogP contribution in [-0.4, -0.2) is 35.7 Å². The molecule has 0 aliphatic carbocycles. The fourth-order valence-corrected chi connectivity index (χ4v) is 1.02. The SMILES string of the molecule is CCC(O)CNC(C)C(=O)NC(C)CC. The molecule has 90 valence electrons. The van der Waals surface area contributed by atoms with Crippen molar-refractivity contribution < 1.29 is 9.90 Å². The van der Waals surface area contributed by atoms with Gasteiger partial charge in [0, 0.05) is 12.6 Å². The Morgan fingerprint density at radius 2 is 1.87 bits per heavy atom. The van der Waals surface area contributed by atoms with Crippen LogP contribution in [0.3, 0.4) is 0 Å². The van der Waals surface area contributed by atoms with Crippen molar-refractivity contribution in [2.45, 2.75) is 58.7 Å². The summed E-state index contributed by atoms with van der Waals surface area (Å²) in [7, 11) is 0. The molecule has 4 heteroatoms. The molecule has 3 atom stereocenters. The molecule has 0 saturated carbocycles. The van der Waals surface area contributed by atoms with Gasteiger partial charge in [0.1, 0.15) is 0 Å². The number of rotatable bonds is 7. The highest BCUT2D eigenvalue weighted by Crippen LogP contribution is 1.92. The molecule has 0 spiro atoms. The first-order valence-electron chi connectivity index (χ1n) is 5.73. The quantitative estimate of drug-likeness (QED) is 0.585. The highest BCUT2D eigenvalue weighted by atomic mass is 16.3. The minimum atomic E-state index is -0.371. The maximum Gasteiger partial charge on any atom is 0.237 e. The topological polar surface area (TPSA) is 61.4 Å². The molecule has 0 rings (SSSR count). The van der Waals surface area contributed by atoms with Gasteiger partial charge in [-0.05, 0) is 26.7 Å². The highest BCUT2D eigenvalue weighted by molar-refractivity contribution is 5.81. The fourth-order valence-electron chi connectivity index (χ4n) is 1.02. The van der Waals surface area contributed by atoms with Gasteiger partial charge in [-0.2, -0.15) is 0 Å². The lowest BCUT2D eigenvalue weighted by atomic mass is 10.2. The van der Waals surface area contributed by atoms with Crippen LogP contribution in [0.1, 0.15) is 40.5 Å². The van der Waals surface area contributed by atoms with Crippen molar-refractivity contribution in [1.82, 2.24) is 10.6 Å². The first-order valence-corrected chi connectivity index (χ1v) is 5.73. The first kappa shape index (κ1) is 14.4. The van der Waals surface area contributed by atoms with E-state index in [0.29, 0.717) is 13.0 Å². The average Bonchev–Trinajstić information content (AvgIpc) is 2.24. The highest BCUT2D eigenvalue weighted by Gasteiger charge is 2.14. The third-order valence-electron chi connectivity index (χ3n) is 2.53. The molecule has 15 heavy (non-hydrogen) atoms. The van der Waals surface area contributed by atoms with Gasteiger partial charge in [-0.15, -0.1) is 0 Å². The Morgan fingerprint density at radius 1 is 1.27 bits per heavy atom. The second-order valence-corrected chi connectivity index (χ2v) is 4.01. The molecular weight excluding hydrogens is 192 g/mol. The van der Waals surface area contributed by atoms with E-state index >= 15 is 0 Å². The zero-order valence-corrected chi connectivity index (χ0v) is 10.2.